The van der Waals surface area contributed by atoms with Gasteiger partial charge in [0.1, 0.15) is 10.7 Å². The molecule has 0 amide bonds. The maximum Gasteiger partial charge on any atom is 0.243 e. The summed E-state index contributed by atoms with van der Waals surface area (Å²) in [4.78, 5) is -0.127. The number of sulfonamides is 1. The van der Waals surface area contributed by atoms with Gasteiger partial charge in [0.05, 0.1) is 5.02 Å². The first-order valence-corrected chi connectivity index (χ1v) is 8.87. The molecule has 9 heteroatoms. The molecular formula is C12H16BrCl2FN2O2S. The first-order valence-electron chi connectivity index (χ1n) is 6.21. The number of hydrogen-bond acceptors (Lipinski definition) is 3. The normalized spacial score (nSPS) is 22.7. The molecule has 1 aliphatic heterocycles. The summed E-state index contributed by atoms with van der Waals surface area (Å²) in [6.45, 7) is 2.80. The molecule has 1 saturated heterocycles. The van der Waals surface area contributed by atoms with E-state index in [0.717, 1.165) is 31.5 Å². The highest BCUT2D eigenvalue weighted by Gasteiger charge is 2.29. The summed E-state index contributed by atoms with van der Waals surface area (Å²) in [6.07, 6.45) is 1.65. The molecule has 2 unspecified atom stereocenters. The van der Waals surface area contributed by atoms with Crippen molar-refractivity contribution in [1.82, 2.24) is 10.0 Å². The van der Waals surface area contributed by atoms with Gasteiger partial charge in [0.25, 0.3) is 0 Å². The van der Waals surface area contributed by atoms with Crippen LogP contribution in [0.2, 0.25) is 5.02 Å². The summed E-state index contributed by atoms with van der Waals surface area (Å²) in [5.41, 5.74) is 0. The number of nitrogens with one attached hydrogen (secondary N) is 2. The van der Waals surface area contributed by atoms with Gasteiger partial charge in [-0.25, -0.2) is 17.5 Å². The van der Waals surface area contributed by atoms with Gasteiger partial charge in [0.15, 0.2) is 0 Å². The van der Waals surface area contributed by atoms with Crippen LogP contribution in [0.15, 0.2) is 21.5 Å². The Balaban J connectivity index is 0.00000220. The van der Waals surface area contributed by atoms with Crippen LogP contribution in [0.5, 0.6) is 0 Å². The average molecular weight is 422 g/mol. The quantitative estimate of drug-likeness (QED) is 0.788. The first-order chi connectivity index (χ1) is 9.31. The van der Waals surface area contributed by atoms with Crippen LogP contribution in [0.4, 0.5) is 4.39 Å². The van der Waals surface area contributed by atoms with Crippen molar-refractivity contribution in [3.63, 3.8) is 0 Å². The lowest BCUT2D eigenvalue weighted by molar-refractivity contribution is 0.348. The summed E-state index contributed by atoms with van der Waals surface area (Å²) in [7, 11) is -3.81. The summed E-state index contributed by atoms with van der Waals surface area (Å²) in [6, 6.07) is 1.91. The van der Waals surface area contributed by atoms with Gasteiger partial charge in [-0.1, -0.05) is 11.6 Å². The van der Waals surface area contributed by atoms with Gasteiger partial charge in [-0.2, -0.15) is 0 Å². The largest absolute Gasteiger partial charge is 0.313 e. The first kappa shape index (κ1) is 19.1. The minimum absolute atomic E-state index is 0. The van der Waals surface area contributed by atoms with Crippen LogP contribution >= 0.6 is 39.9 Å². The van der Waals surface area contributed by atoms with Crippen LogP contribution in [-0.4, -0.2) is 27.0 Å². The van der Waals surface area contributed by atoms with E-state index in [1.807, 2.05) is 6.92 Å². The van der Waals surface area contributed by atoms with Crippen LogP contribution in [0.3, 0.4) is 0 Å². The van der Waals surface area contributed by atoms with Crippen molar-refractivity contribution in [1.29, 1.82) is 0 Å². The average Bonchev–Trinajstić information content (AvgIpc) is 2.30. The molecule has 4 nitrogen and oxygen atoms in total. The van der Waals surface area contributed by atoms with Crippen LogP contribution in [-0.2, 0) is 10.0 Å². The highest BCUT2D eigenvalue weighted by molar-refractivity contribution is 9.10. The minimum Gasteiger partial charge on any atom is -0.313 e. The molecule has 0 radical (unpaired) electrons. The number of piperidine rings is 1. The molecule has 0 aromatic heterocycles. The van der Waals surface area contributed by atoms with E-state index in [0.29, 0.717) is 0 Å². The second kappa shape index (κ2) is 7.57. The van der Waals surface area contributed by atoms with E-state index >= 15 is 0 Å². The van der Waals surface area contributed by atoms with Crippen molar-refractivity contribution in [2.75, 3.05) is 6.54 Å². The smallest absolute Gasteiger partial charge is 0.243 e. The van der Waals surface area contributed by atoms with E-state index in [1.54, 1.807) is 0 Å². The molecule has 2 N–H and O–H groups in total. The van der Waals surface area contributed by atoms with Crippen molar-refractivity contribution in [2.45, 2.75) is 36.7 Å². The fourth-order valence-electron chi connectivity index (χ4n) is 2.25. The van der Waals surface area contributed by atoms with Crippen molar-refractivity contribution in [3.8, 4) is 0 Å². The Bertz CT molecular complexity index is 592. The van der Waals surface area contributed by atoms with Crippen molar-refractivity contribution < 1.29 is 12.8 Å². The van der Waals surface area contributed by atoms with Gasteiger partial charge in [-0.05, 0) is 54.4 Å². The summed E-state index contributed by atoms with van der Waals surface area (Å²) >= 11 is 8.92. The molecule has 1 aromatic rings. The third kappa shape index (κ3) is 4.53. The third-order valence-electron chi connectivity index (χ3n) is 3.30. The highest BCUT2D eigenvalue weighted by Crippen LogP contribution is 2.31. The molecule has 1 heterocycles. The fraction of sp³-hybridized carbons (Fsp3) is 0.500. The zero-order valence-electron chi connectivity index (χ0n) is 11.2. The molecule has 0 bridgehead atoms. The van der Waals surface area contributed by atoms with Gasteiger partial charge in [0.2, 0.25) is 10.0 Å². The maximum absolute atomic E-state index is 13.2. The van der Waals surface area contributed by atoms with Crippen LogP contribution < -0.4 is 10.0 Å². The second-order valence-corrected chi connectivity index (χ2v) is 7.72. The molecule has 0 aliphatic carbocycles. The molecular weight excluding hydrogens is 406 g/mol. The van der Waals surface area contributed by atoms with E-state index in [9.17, 15) is 12.8 Å². The highest BCUT2D eigenvalue weighted by atomic mass is 79.9. The summed E-state index contributed by atoms with van der Waals surface area (Å²) in [5.74, 6) is -0.589. The lowest BCUT2D eigenvalue weighted by atomic mass is 10.0. The zero-order chi connectivity index (χ0) is 14.9. The van der Waals surface area contributed by atoms with Crippen molar-refractivity contribution in [2.24, 2.45) is 0 Å². The monoisotopic (exact) mass is 420 g/mol. The predicted octanol–water partition coefficient (Wildman–Crippen LogP) is 3.08. The van der Waals surface area contributed by atoms with Crippen LogP contribution in [0.1, 0.15) is 19.8 Å². The molecule has 1 aliphatic rings. The van der Waals surface area contributed by atoms with Gasteiger partial charge in [-0.3, -0.25) is 0 Å². The van der Waals surface area contributed by atoms with E-state index < -0.39 is 15.8 Å². The Morgan fingerprint density at radius 1 is 1.48 bits per heavy atom. The van der Waals surface area contributed by atoms with E-state index in [-0.39, 0.29) is 38.9 Å². The van der Waals surface area contributed by atoms with Crippen LogP contribution in [0, 0.1) is 5.82 Å². The lowest BCUT2D eigenvalue weighted by Crippen LogP contribution is -2.51. The van der Waals surface area contributed by atoms with Crippen molar-refractivity contribution in [3.05, 3.63) is 27.4 Å². The van der Waals surface area contributed by atoms with Gasteiger partial charge in [-0.15, -0.1) is 12.4 Å². The SMILES string of the molecule is CC1NCCCC1NS(=O)(=O)c1c(Cl)cc(F)cc1Br.Cl. The molecule has 0 saturated carbocycles. The zero-order valence-corrected chi connectivity index (χ0v) is 15.2. The molecule has 0 spiro atoms. The number of rotatable bonds is 3. The molecule has 1 fully saturated rings. The maximum atomic E-state index is 13.2. The molecule has 2 atom stereocenters. The van der Waals surface area contributed by atoms with Gasteiger partial charge in [0, 0.05) is 16.6 Å². The van der Waals surface area contributed by atoms with Gasteiger partial charge >= 0.3 is 0 Å². The molecule has 120 valence electrons. The van der Waals surface area contributed by atoms with E-state index in [4.69, 9.17) is 11.6 Å². The summed E-state index contributed by atoms with van der Waals surface area (Å²) < 4.78 is 40.8. The topological polar surface area (TPSA) is 58.2 Å². The van der Waals surface area contributed by atoms with Crippen molar-refractivity contribution >= 4 is 50.0 Å². The summed E-state index contributed by atoms with van der Waals surface area (Å²) in [5, 5.41) is 3.07. The Morgan fingerprint density at radius 2 is 2.14 bits per heavy atom. The standard InChI is InChI=1S/C12H15BrClFN2O2S.ClH/c1-7-11(3-2-4-16-7)17-20(18,19)12-9(13)5-8(15)6-10(12)14;/h5-7,11,16-17H,2-4H2,1H3;1H. The Kier molecular flexibility index (Phi) is 6.89. The van der Waals surface area contributed by atoms with Crippen LogP contribution in [0.25, 0.3) is 0 Å². The lowest BCUT2D eigenvalue weighted by Gasteiger charge is -2.30. The van der Waals surface area contributed by atoms with E-state index in [2.05, 4.69) is 26.0 Å². The number of hydrogen-bond donors (Lipinski definition) is 2. The fourth-order valence-corrected chi connectivity index (χ4v) is 5.41. The molecule has 21 heavy (non-hydrogen) atoms. The van der Waals surface area contributed by atoms with Gasteiger partial charge < -0.3 is 5.32 Å². The Labute approximate surface area is 143 Å². The Morgan fingerprint density at radius 3 is 2.71 bits per heavy atom. The minimum atomic E-state index is -3.81. The predicted molar refractivity (Wildman–Crippen MR) is 87.2 cm³/mol. The second-order valence-electron chi connectivity index (χ2n) is 4.81. The number of benzene rings is 1. The molecule has 2 rings (SSSR count). The molecule has 1 aromatic carbocycles. The third-order valence-corrected chi connectivity index (χ3v) is 6.19. The van der Waals surface area contributed by atoms with E-state index in [1.165, 1.54) is 0 Å². The Hall–Kier alpha value is 0.0800. The number of halogens is 4.